The Kier molecular flexibility index (Phi) is 11.4. The van der Waals surface area contributed by atoms with Crippen molar-refractivity contribution in [1.29, 1.82) is 0 Å². The van der Waals surface area contributed by atoms with Crippen molar-refractivity contribution in [3.8, 4) is 22.5 Å². The quantitative estimate of drug-likeness (QED) is 0.163. The Morgan fingerprint density at radius 3 is 2.14 bits per heavy atom. The summed E-state index contributed by atoms with van der Waals surface area (Å²) in [5.41, 5.74) is 9.48. The normalized spacial score (nSPS) is 13.4. The Labute approximate surface area is 266 Å². The molecule has 0 atom stereocenters. The number of rotatable bonds is 6. The van der Waals surface area contributed by atoms with E-state index in [-0.39, 0.29) is 25.5 Å². The summed E-state index contributed by atoms with van der Waals surface area (Å²) in [5, 5.41) is 0. The molecule has 0 N–H and O–H groups in total. The van der Waals surface area contributed by atoms with Gasteiger partial charge in [-0.1, -0.05) is 100 Å². The van der Waals surface area contributed by atoms with Crippen LogP contribution < -0.4 is 0 Å². The van der Waals surface area contributed by atoms with Crippen molar-refractivity contribution in [2.24, 2.45) is 5.92 Å². The first-order chi connectivity index (χ1) is 20.0. The van der Waals surface area contributed by atoms with Crippen molar-refractivity contribution in [3.63, 3.8) is 0 Å². The third kappa shape index (κ3) is 8.12. The molecule has 1 fully saturated rings. The Balaban J connectivity index is 0.000000189. The fraction of sp³-hybridized carbons (Fsp3) is 0.282. The van der Waals surface area contributed by atoms with E-state index in [1.165, 1.54) is 60.8 Å². The minimum atomic E-state index is -0.0274. The molecule has 0 aliphatic heterocycles. The van der Waals surface area contributed by atoms with Gasteiger partial charge in [-0.3, -0.25) is 0 Å². The summed E-state index contributed by atoms with van der Waals surface area (Å²) >= 11 is 0. The van der Waals surface area contributed by atoms with Gasteiger partial charge in [0.1, 0.15) is 0 Å². The van der Waals surface area contributed by atoms with E-state index in [1.54, 1.807) is 0 Å². The largest absolute Gasteiger partial charge is 0.305 e. The second kappa shape index (κ2) is 15.2. The molecule has 42 heavy (non-hydrogen) atoms. The van der Waals surface area contributed by atoms with Crippen molar-refractivity contribution in [1.82, 2.24) is 9.97 Å². The van der Waals surface area contributed by atoms with E-state index in [2.05, 4.69) is 104 Å². The summed E-state index contributed by atoms with van der Waals surface area (Å²) in [7, 11) is 0. The van der Waals surface area contributed by atoms with Crippen LogP contribution in [-0.2, 0) is 31.9 Å². The van der Waals surface area contributed by atoms with Crippen LogP contribution >= 0.6 is 0 Å². The van der Waals surface area contributed by atoms with Gasteiger partial charge < -0.3 is 9.97 Å². The van der Waals surface area contributed by atoms with Gasteiger partial charge in [0.05, 0.1) is 0 Å². The van der Waals surface area contributed by atoms with E-state index in [1.807, 2.05) is 48.8 Å². The number of hydrogen-bond acceptors (Lipinski definition) is 2. The molecule has 2 heterocycles. The van der Waals surface area contributed by atoms with Crippen LogP contribution in [0.2, 0.25) is 0 Å². The zero-order valence-corrected chi connectivity index (χ0v) is 27.3. The topological polar surface area (TPSA) is 25.8 Å². The predicted molar refractivity (Wildman–Crippen MR) is 171 cm³/mol. The number of nitrogens with zero attached hydrogens (tertiary/aromatic N) is 2. The number of benzene rings is 3. The Morgan fingerprint density at radius 1 is 0.738 bits per heavy atom. The van der Waals surface area contributed by atoms with Crippen molar-refractivity contribution < 1.29 is 20.1 Å². The van der Waals surface area contributed by atoms with Crippen LogP contribution in [0.15, 0.2) is 109 Å². The maximum atomic E-state index is 4.57. The van der Waals surface area contributed by atoms with E-state index in [9.17, 15) is 0 Å². The van der Waals surface area contributed by atoms with Crippen molar-refractivity contribution >= 4 is 0 Å². The van der Waals surface area contributed by atoms with E-state index < -0.39 is 0 Å². The number of aromatic nitrogens is 2. The molecule has 5 aromatic rings. The summed E-state index contributed by atoms with van der Waals surface area (Å²) in [5.74, 6) is 0.873. The molecule has 3 aromatic carbocycles. The van der Waals surface area contributed by atoms with Crippen molar-refractivity contribution in [3.05, 3.63) is 144 Å². The van der Waals surface area contributed by atoms with Gasteiger partial charge in [-0.15, -0.1) is 71.3 Å². The van der Waals surface area contributed by atoms with Gasteiger partial charge in [-0.25, -0.2) is 0 Å². The van der Waals surface area contributed by atoms with Gasteiger partial charge in [-0.2, -0.15) is 0 Å². The Bertz CT molecular complexity index is 1490. The minimum absolute atomic E-state index is 0. The maximum absolute atomic E-state index is 4.57. The van der Waals surface area contributed by atoms with E-state index in [4.69, 9.17) is 0 Å². The molecular formula is C39H40IrN2-2. The summed E-state index contributed by atoms with van der Waals surface area (Å²) in [6, 6.07) is 39.9. The monoisotopic (exact) mass is 729 g/mol. The standard InChI is InChI=1S/C20H18N.C19H22N.Ir/c1-20(2,17-8-4-3-5-9-17)18-13-11-16(12-14-18)19-10-6-7-15-21-19;1-15-14-20-19(17-10-6-3-7-11-17)13-18(15)12-16-8-4-2-5-9-16;/h3-11,13-15H,1-2H3;3,6-7,10,13-14,16H,2,4-5,8-9,12H2,1H3;/q2*-1;. The zero-order chi connectivity index (χ0) is 28.5. The number of hydrogen-bond donors (Lipinski definition) is 0. The second-order valence-corrected chi connectivity index (χ2v) is 11.7. The van der Waals surface area contributed by atoms with Crippen LogP contribution in [0.25, 0.3) is 22.5 Å². The smallest absolute Gasteiger partial charge is 0.0192 e. The minimum Gasteiger partial charge on any atom is -0.305 e. The third-order valence-electron chi connectivity index (χ3n) is 8.40. The van der Waals surface area contributed by atoms with Gasteiger partial charge in [0, 0.05) is 32.5 Å². The third-order valence-corrected chi connectivity index (χ3v) is 8.40. The molecular weight excluding hydrogens is 689 g/mol. The van der Waals surface area contributed by atoms with E-state index in [0.29, 0.717) is 0 Å². The van der Waals surface area contributed by atoms with Crippen LogP contribution in [0, 0.1) is 25.0 Å². The van der Waals surface area contributed by atoms with Gasteiger partial charge in [0.2, 0.25) is 0 Å². The SMILES string of the molecule is CC(C)(c1c[c-]c(-c2ccccn2)cc1)c1ccccc1.Cc1cnc(-c2[c-]cccc2)cc1CC1CCCCC1.[Ir]. The average molecular weight is 729 g/mol. The molecule has 1 radical (unpaired) electrons. The molecule has 2 aromatic heterocycles. The molecule has 1 aliphatic carbocycles. The van der Waals surface area contributed by atoms with E-state index >= 15 is 0 Å². The van der Waals surface area contributed by atoms with Crippen LogP contribution in [0.5, 0.6) is 0 Å². The van der Waals surface area contributed by atoms with E-state index in [0.717, 1.165) is 28.4 Å². The van der Waals surface area contributed by atoms with Gasteiger partial charge in [0.15, 0.2) is 0 Å². The molecule has 0 amide bonds. The summed E-state index contributed by atoms with van der Waals surface area (Å²) < 4.78 is 0. The summed E-state index contributed by atoms with van der Waals surface area (Å²) in [6.45, 7) is 6.67. The fourth-order valence-corrected chi connectivity index (χ4v) is 5.70. The molecule has 0 bridgehead atoms. The first-order valence-corrected chi connectivity index (χ1v) is 14.9. The van der Waals surface area contributed by atoms with Gasteiger partial charge >= 0.3 is 0 Å². The average Bonchev–Trinajstić information content (AvgIpc) is 3.04. The molecule has 0 spiro atoms. The molecule has 2 nitrogen and oxygen atoms in total. The zero-order valence-electron chi connectivity index (χ0n) is 24.9. The van der Waals surface area contributed by atoms with Crippen molar-refractivity contribution in [2.45, 2.75) is 64.7 Å². The van der Waals surface area contributed by atoms with Crippen LogP contribution in [-0.4, -0.2) is 9.97 Å². The molecule has 0 unspecified atom stereocenters. The Morgan fingerprint density at radius 2 is 1.48 bits per heavy atom. The molecule has 217 valence electrons. The molecule has 3 heteroatoms. The number of pyridine rings is 2. The fourth-order valence-electron chi connectivity index (χ4n) is 5.70. The molecule has 6 rings (SSSR count). The first kappa shape index (κ1) is 31.5. The van der Waals surface area contributed by atoms with Crippen LogP contribution in [0.4, 0.5) is 0 Å². The van der Waals surface area contributed by atoms with Crippen LogP contribution in [0.1, 0.15) is 68.2 Å². The predicted octanol–water partition coefficient (Wildman–Crippen LogP) is 9.85. The molecule has 0 saturated heterocycles. The summed E-state index contributed by atoms with van der Waals surface area (Å²) in [4.78, 5) is 8.94. The molecule has 1 aliphatic rings. The number of aryl methyl sites for hydroxylation is 1. The van der Waals surface area contributed by atoms with Gasteiger partial charge in [0.25, 0.3) is 0 Å². The first-order valence-electron chi connectivity index (χ1n) is 14.9. The maximum Gasteiger partial charge on any atom is 0.0192 e. The summed E-state index contributed by atoms with van der Waals surface area (Å²) in [6.07, 6.45) is 12.1. The van der Waals surface area contributed by atoms with Crippen LogP contribution in [0.3, 0.4) is 0 Å². The van der Waals surface area contributed by atoms with Crippen molar-refractivity contribution in [2.75, 3.05) is 0 Å². The Hall–Kier alpha value is -3.39. The van der Waals surface area contributed by atoms with Gasteiger partial charge in [-0.05, 0) is 53.3 Å². The molecule has 1 saturated carbocycles. The second-order valence-electron chi connectivity index (χ2n) is 11.7.